The van der Waals surface area contributed by atoms with Crippen molar-refractivity contribution in [3.8, 4) is 11.5 Å². The topological polar surface area (TPSA) is 103 Å². The van der Waals surface area contributed by atoms with Crippen molar-refractivity contribution in [3.63, 3.8) is 0 Å². The van der Waals surface area contributed by atoms with E-state index in [-0.39, 0.29) is 30.7 Å². The smallest absolute Gasteiger partial charge is 0.496 e. The molecule has 2 amide bonds. The summed E-state index contributed by atoms with van der Waals surface area (Å²) in [6, 6.07) is 20.2. The van der Waals surface area contributed by atoms with Gasteiger partial charge in [0.1, 0.15) is 11.5 Å². The lowest BCUT2D eigenvalue weighted by Gasteiger charge is -2.11. The minimum absolute atomic E-state index is 0.211. The molecule has 0 spiro atoms. The van der Waals surface area contributed by atoms with Gasteiger partial charge in [-0.3, -0.25) is 9.59 Å². The molecule has 0 bridgehead atoms. The van der Waals surface area contributed by atoms with Gasteiger partial charge in [0.05, 0.1) is 19.3 Å². The number of anilines is 1. The summed E-state index contributed by atoms with van der Waals surface area (Å²) < 4.78 is 14.9. The summed E-state index contributed by atoms with van der Waals surface area (Å²) in [6.07, 6.45) is -0.802. The molecule has 170 valence electrons. The van der Waals surface area contributed by atoms with Crippen LogP contribution in [0.5, 0.6) is 11.5 Å². The summed E-state index contributed by atoms with van der Waals surface area (Å²) in [5.74, 6) is 0.187. The molecule has 8 nitrogen and oxygen atoms in total. The SMILES string of the molecule is CCOC(=O)Oc1ccc(C(=O)Nc2cccc(CNC(=O)c3ccccc3OC)c2)cc1. The highest BCUT2D eigenvalue weighted by atomic mass is 16.7. The van der Waals surface area contributed by atoms with E-state index in [1.54, 1.807) is 61.5 Å². The second kappa shape index (κ2) is 11.3. The third-order valence-electron chi connectivity index (χ3n) is 4.57. The first-order valence-electron chi connectivity index (χ1n) is 10.3. The second-order valence-electron chi connectivity index (χ2n) is 6.85. The summed E-state index contributed by atoms with van der Waals surface area (Å²) in [7, 11) is 1.51. The Bertz CT molecular complexity index is 1130. The zero-order valence-corrected chi connectivity index (χ0v) is 18.3. The number of nitrogens with one attached hydrogen (secondary N) is 2. The van der Waals surface area contributed by atoms with Crippen molar-refractivity contribution < 1.29 is 28.6 Å². The maximum absolute atomic E-state index is 12.6. The van der Waals surface area contributed by atoms with Gasteiger partial charge in [-0.1, -0.05) is 24.3 Å². The molecule has 0 unspecified atom stereocenters. The molecule has 3 rings (SSSR count). The summed E-state index contributed by atoms with van der Waals surface area (Å²) in [6.45, 7) is 2.17. The first kappa shape index (κ1) is 23.3. The van der Waals surface area contributed by atoms with Crippen molar-refractivity contribution in [3.05, 3.63) is 89.5 Å². The molecule has 0 aliphatic rings. The first-order valence-corrected chi connectivity index (χ1v) is 10.3. The van der Waals surface area contributed by atoms with Gasteiger partial charge in [-0.05, 0) is 61.0 Å². The van der Waals surface area contributed by atoms with Crippen LogP contribution in [0, 0.1) is 0 Å². The molecular weight excluding hydrogens is 424 g/mol. The van der Waals surface area contributed by atoms with Gasteiger partial charge < -0.3 is 24.8 Å². The molecule has 0 fully saturated rings. The minimum atomic E-state index is -0.802. The van der Waals surface area contributed by atoms with Crippen molar-refractivity contribution in [2.24, 2.45) is 0 Å². The predicted octanol–water partition coefficient (Wildman–Crippen LogP) is 4.41. The zero-order chi connectivity index (χ0) is 23.6. The first-order chi connectivity index (χ1) is 16.0. The van der Waals surface area contributed by atoms with E-state index in [2.05, 4.69) is 10.6 Å². The molecule has 2 N–H and O–H groups in total. The van der Waals surface area contributed by atoms with Crippen molar-refractivity contribution in [2.45, 2.75) is 13.5 Å². The quantitative estimate of drug-likeness (QED) is 0.391. The molecule has 0 aliphatic carbocycles. The van der Waals surface area contributed by atoms with E-state index in [0.29, 0.717) is 22.6 Å². The van der Waals surface area contributed by atoms with Crippen molar-refractivity contribution in [1.29, 1.82) is 0 Å². The Hall–Kier alpha value is -4.33. The Morgan fingerprint density at radius 2 is 1.64 bits per heavy atom. The van der Waals surface area contributed by atoms with Crippen LogP contribution in [0.4, 0.5) is 10.5 Å². The number of hydrogen-bond donors (Lipinski definition) is 2. The van der Waals surface area contributed by atoms with E-state index >= 15 is 0 Å². The minimum Gasteiger partial charge on any atom is -0.496 e. The van der Waals surface area contributed by atoms with Gasteiger partial charge >= 0.3 is 6.16 Å². The predicted molar refractivity (Wildman–Crippen MR) is 123 cm³/mol. The van der Waals surface area contributed by atoms with E-state index in [1.165, 1.54) is 19.2 Å². The molecule has 0 heterocycles. The van der Waals surface area contributed by atoms with Gasteiger partial charge in [-0.2, -0.15) is 0 Å². The molecule has 0 saturated heterocycles. The molecule has 0 aromatic heterocycles. The van der Waals surface area contributed by atoms with Crippen LogP contribution in [0.2, 0.25) is 0 Å². The Morgan fingerprint density at radius 1 is 0.879 bits per heavy atom. The van der Waals surface area contributed by atoms with Gasteiger partial charge in [0.25, 0.3) is 11.8 Å². The largest absolute Gasteiger partial charge is 0.513 e. The van der Waals surface area contributed by atoms with Gasteiger partial charge in [0.15, 0.2) is 0 Å². The van der Waals surface area contributed by atoms with Crippen LogP contribution in [0.3, 0.4) is 0 Å². The zero-order valence-electron chi connectivity index (χ0n) is 18.3. The average Bonchev–Trinajstić information content (AvgIpc) is 2.83. The van der Waals surface area contributed by atoms with Crippen molar-refractivity contribution in [1.82, 2.24) is 5.32 Å². The third-order valence-corrected chi connectivity index (χ3v) is 4.57. The van der Waals surface area contributed by atoms with Crippen molar-refractivity contribution >= 4 is 23.7 Å². The van der Waals surface area contributed by atoms with E-state index in [0.717, 1.165) is 5.56 Å². The Kier molecular flexibility index (Phi) is 8.02. The average molecular weight is 448 g/mol. The van der Waals surface area contributed by atoms with Gasteiger partial charge in [0.2, 0.25) is 0 Å². The number of carbonyl (C=O) groups is 3. The molecule has 3 aromatic carbocycles. The standard InChI is InChI=1S/C25H24N2O6/c1-3-32-25(30)33-20-13-11-18(12-14-20)23(28)27-19-8-6-7-17(15-19)16-26-24(29)21-9-4-5-10-22(21)31-2/h4-15H,3,16H2,1-2H3,(H,26,29)(H,27,28). The highest BCUT2D eigenvalue weighted by molar-refractivity contribution is 6.04. The maximum atomic E-state index is 12.6. The number of methoxy groups -OCH3 is 1. The molecule has 0 aliphatic heterocycles. The van der Waals surface area contributed by atoms with E-state index in [1.807, 2.05) is 6.07 Å². The number of rotatable bonds is 8. The number of amides is 2. The highest BCUT2D eigenvalue weighted by Gasteiger charge is 2.12. The lowest BCUT2D eigenvalue weighted by Crippen LogP contribution is -2.23. The Balaban J connectivity index is 1.58. The number of hydrogen-bond acceptors (Lipinski definition) is 6. The van der Waals surface area contributed by atoms with Crippen LogP contribution >= 0.6 is 0 Å². The number of ether oxygens (including phenoxy) is 3. The number of benzene rings is 3. The van der Waals surface area contributed by atoms with Crippen LogP contribution in [-0.2, 0) is 11.3 Å². The van der Waals surface area contributed by atoms with Crippen LogP contribution in [0.15, 0.2) is 72.8 Å². The molecule has 3 aromatic rings. The highest BCUT2D eigenvalue weighted by Crippen LogP contribution is 2.18. The lowest BCUT2D eigenvalue weighted by atomic mass is 10.1. The normalized spacial score (nSPS) is 10.1. The molecule has 0 saturated carbocycles. The van der Waals surface area contributed by atoms with Crippen LogP contribution in [0.1, 0.15) is 33.2 Å². The fourth-order valence-corrected chi connectivity index (χ4v) is 2.99. The van der Waals surface area contributed by atoms with Gasteiger partial charge in [-0.15, -0.1) is 0 Å². The maximum Gasteiger partial charge on any atom is 0.513 e. The van der Waals surface area contributed by atoms with E-state index in [9.17, 15) is 14.4 Å². The van der Waals surface area contributed by atoms with E-state index in [4.69, 9.17) is 14.2 Å². The molecule has 8 heteroatoms. The molecule has 0 atom stereocenters. The molecule has 33 heavy (non-hydrogen) atoms. The fraction of sp³-hybridized carbons (Fsp3) is 0.160. The van der Waals surface area contributed by atoms with Crippen molar-refractivity contribution in [2.75, 3.05) is 19.0 Å². The van der Waals surface area contributed by atoms with Crippen LogP contribution in [-0.4, -0.2) is 31.7 Å². The molecule has 0 radical (unpaired) electrons. The van der Waals surface area contributed by atoms with Gasteiger partial charge in [-0.25, -0.2) is 4.79 Å². The fourth-order valence-electron chi connectivity index (χ4n) is 2.99. The Morgan fingerprint density at radius 3 is 2.36 bits per heavy atom. The number of carbonyl (C=O) groups excluding carboxylic acids is 3. The third kappa shape index (κ3) is 6.57. The van der Waals surface area contributed by atoms with E-state index < -0.39 is 6.16 Å². The summed E-state index contributed by atoms with van der Waals surface area (Å²) >= 11 is 0. The van der Waals surface area contributed by atoms with Crippen LogP contribution < -0.4 is 20.1 Å². The monoisotopic (exact) mass is 448 g/mol. The Labute approximate surface area is 191 Å². The molecular formula is C25H24N2O6. The summed E-state index contributed by atoms with van der Waals surface area (Å²) in [5, 5.41) is 5.66. The summed E-state index contributed by atoms with van der Waals surface area (Å²) in [4.78, 5) is 36.4. The van der Waals surface area contributed by atoms with Gasteiger partial charge in [0, 0.05) is 17.8 Å². The summed E-state index contributed by atoms with van der Waals surface area (Å²) in [5.41, 5.74) is 2.23. The number of para-hydroxylation sites is 1. The second-order valence-corrected chi connectivity index (χ2v) is 6.85. The van der Waals surface area contributed by atoms with Crippen LogP contribution in [0.25, 0.3) is 0 Å². The lowest BCUT2D eigenvalue weighted by molar-refractivity contribution is 0.0946.